The molecule has 3 aromatic carbocycles. The summed E-state index contributed by atoms with van der Waals surface area (Å²) in [4.78, 5) is 25.7. The average molecular weight is 654 g/mol. The Balaban J connectivity index is 1.53. The van der Waals surface area contributed by atoms with Crippen molar-refractivity contribution < 1.29 is 18.4 Å². The first-order valence-corrected chi connectivity index (χ1v) is 12.4. The summed E-state index contributed by atoms with van der Waals surface area (Å²) in [5.74, 6) is -3.83. The highest BCUT2D eigenvalue weighted by atomic mass is 79.9. The van der Waals surface area contributed by atoms with Gasteiger partial charge in [0.25, 0.3) is 5.91 Å². The number of benzene rings is 3. The molecular formula is C23H13Br2Cl3F2N2O2. The van der Waals surface area contributed by atoms with Crippen LogP contribution in [0.5, 0.6) is 0 Å². The maximum atomic E-state index is 13.9. The van der Waals surface area contributed by atoms with Crippen molar-refractivity contribution in [3.8, 4) is 0 Å². The van der Waals surface area contributed by atoms with E-state index in [1.807, 2.05) is 0 Å². The number of carbonyl (C=O) groups excluding carboxylic acids is 2. The SMILES string of the molecule is O=C(Nc1c(F)cccc1F)c1cc(NC(=O)[C@H]2[C@H](c3cc(Cl)cc(Cl)c3)C2(Br)Br)ccc1Cl. The molecule has 0 spiro atoms. The molecule has 0 unspecified atom stereocenters. The van der Waals surface area contributed by atoms with Crippen LogP contribution in [0.15, 0.2) is 54.6 Å². The number of anilines is 2. The molecule has 0 bridgehead atoms. The third-order valence-electron chi connectivity index (χ3n) is 5.26. The maximum Gasteiger partial charge on any atom is 0.257 e. The van der Waals surface area contributed by atoms with E-state index in [9.17, 15) is 18.4 Å². The molecule has 34 heavy (non-hydrogen) atoms. The largest absolute Gasteiger partial charge is 0.326 e. The zero-order valence-corrected chi connectivity index (χ0v) is 22.3. The summed E-state index contributed by atoms with van der Waals surface area (Å²) in [5, 5.41) is 5.86. The zero-order chi connectivity index (χ0) is 24.8. The van der Waals surface area contributed by atoms with Crippen LogP contribution in [0.3, 0.4) is 0 Å². The van der Waals surface area contributed by atoms with Crippen molar-refractivity contribution in [2.24, 2.45) is 5.92 Å². The lowest BCUT2D eigenvalue weighted by Crippen LogP contribution is -2.18. The molecule has 0 heterocycles. The Kier molecular flexibility index (Phi) is 7.27. The van der Waals surface area contributed by atoms with Gasteiger partial charge in [-0.1, -0.05) is 72.7 Å². The molecule has 0 radical (unpaired) electrons. The fourth-order valence-corrected chi connectivity index (χ4v) is 6.10. The Morgan fingerprint density at radius 3 is 2.12 bits per heavy atom. The minimum Gasteiger partial charge on any atom is -0.326 e. The van der Waals surface area contributed by atoms with Gasteiger partial charge in [0.05, 0.1) is 16.5 Å². The number of para-hydroxylation sites is 1. The second-order valence-electron chi connectivity index (χ2n) is 7.57. The van der Waals surface area contributed by atoms with Crippen LogP contribution in [0, 0.1) is 17.6 Å². The summed E-state index contributed by atoms with van der Waals surface area (Å²) in [6, 6.07) is 12.5. The van der Waals surface area contributed by atoms with Crippen LogP contribution in [0.4, 0.5) is 20.2 Å². The minimum atomic E-state index is -0.930. The van der Waals surface area contributed by atoms with E-state index in [-0.39, 0.29) is 28.1 Å². The molecule has 1 aliphatic carbocycles. The first-order valence-electron chi connectivity index (χ1n) is 9.68. The monoisotopic (exact) mass is 650 g/mol. The molecule has 0 aromatic heterocycles. The molecule has 11 heteroatoms. The molecule has 0 saturated heterocycles. The Morgan fingerprint density at radius 2 is 1.50 bits per heavy atom. The lowest BCUT2D eigenvalue weighted by atomic mass is 10.1. The molecule has 0 aliphatic heterocycles. The van der Waals surface area contributed by atoms with Gasteiger partial charge in [0, 0.05) is 21.7 Å². The summed E-state index contributed by atoms with van der Waals surface area (Å²) in [6.07, 6.45) is 0. The number of rotatable bonds is 5. The van der Waals surface area contributed by atoms with Crippen molar-refractivity contribution in [2.45, 2.75) is 9.15 Å². The van der Waals surface area contributed by atoms with Crippen LogP contribution in [-0.2, 0) is 4.79 Å². The summed E-state index contributed by atoms with van der Waals surface area (Å²) in [6.45, 7) is 0. The molecule has 1 fully saturated rings. The summed E-state index contributed by atoms with van der Waals surface area (Å²) in [7, 11) is 0. The van der Waals surface area contributed by atoms with Crippen molar-refractivity contribution >= 4 is 89.9 Å². The predicted molar refractivity (Wildman–Crippen MR) is 138 cm³/mol. The third kappa shape index (κ3) is 5.11. The van der Waals surface area contributed by atoms with Crippen molar-refractivity contribution in [1.29, 1.82) is 0 Å². The topological polar surface area (TPSA) is 58.2 Å². The summed E-state index contributed by atoms with van der Waals surface area (Å²) >= 11 is 25.4. The van der Waals surface area contributed by atoms with Gasteiger partial charge in [0.2, 0.25) is 5.91 Å². The molecular weight excluding hydrogens is 640 g/mol. The molecule has 2 atom stereocenters. The van der Waals surface area contributed by atoms with E-state index in [4.69, 9.17) is 34.8 Å². The highest BCUT2D eigenvalue weighted by Crippen LogP contribution is 2.67. The third-order valence-corrected chi connectivity index (χ3v) is 8.00. The predicted octanol–water partition coefficient (Wildman–Crippen LogP) is 8.02. The van der Waals surface area contributed by atoms with Gasteiger partial charge in [0.15, 0.2) is 0 Å². The number of hydrogen-bond acceptors (Lipinski definition) is 2. The Morgan fingerprint density at radius 1 is 0.882 bits per heavy atom. The molecule has 4 rings (SSSR count). The molecule has 4 nitrogen and oxygen atoms in total. The smallest absolute Gasteiger partial charge is 0.257 e. The van der Waals surface area contributed by atoms with Gasteiger partial charge in [-0.05, 0) is 54.1 Å². The number of carbonyl (C=O) groups is 2. The summed E-state index contributed by atoms with van der Waals surface area (Å²) in [5.41, 5.74) is 0.385. The van der Waals surface area contributed by atoms with E-state index < -0.39 is 32.4 Å². The Hall–Kier alpha value is -1.71. The quantitative estimate of drug-likeness (QED) is 0.274. The van der Waals surface area contributed by atoms with Crippen LogP contribution in [-0.4, -0.2) is 15.0 Å². The molecule has 3 aromatic rings. The number of hydrogen-bond donors (Lipinski definition) is 2. The minimum absolute atomic E-state index is 0.0421. The second-order valence-corrected chi connectivity index (χ2v) is 12.5. The maximum absolute atomic E-state index is 13.9. The lowest BCUT2D eigenvalue weighted by molar-refractivity contribution is -0.117. The van der Waals surface area contributed by atoms with E-state index in [1.54, 1.807) is 18.2 Å². The van der Waals surface area contributed by atoms with Gasteiger partial charge < -0.3 is 10.6 Å². The molecule has 1 saturated carbocycles. The second kappa shape index (κ2) is 9.74. The number of nitrogens with one attached hydrogen (secondary N) is 2. The van der Waals surface area contributed by atoms with Gasteiger partial charge in [0.1, 0.15) is 20.6 Å². The molecule has 1 aliphatic rings. The average Bonchev–Trinajstić information content (AvgIpc) is 3.33. The van der Waals surface area contributed by atoms with Gasteiger partial charge >= 0.3 is 0 Å². The van der Waals surface area contributed by atoms with Crippen LogP contribution >= 0.6 is 66.7 Å². The van der Waals surface area contributed by atoms with Crippen LogP contribution in [0.25, 0.3) is 0 Å². The summed E-state index contributed by atoms with van der Waals surface area (Å²) < 4.78 is 27.1. The molecule has 176 valence electrons. The van der Waals surface area contributed by atoms with E-state index in [1.165, 1.54) is 24.3 Å². The van der Waals surface area contributed by atoms with Crippen molar-refractivity contribution in [2.75, 3.05) is 10.6 Å². The van der Waals surface area contributed by atoms with Crippen molar-refractivity contribution in [3.63, 3.8) is 0 Å². The van der Waals surface area contributed by atoms with Gasteiger partial charge in [-0.15, -0.1) is 0 Å². The number of alkyl halides is 2. The van der Waals surface area contributed by atoms with Crippen LogP contribution in [0.2, 0.25) is 15.1 Å². The lowest BCUT2D eigenvalue weighted by Gasteiger charge is -2.11. The number of halogens is 7. The Bertz CT molecular complexity index is 1280. The fourth-order valence-electron chi connectivity index (χ4n) is 3.62. The first-order chi connectivity index (χ1) is 16.0. The highest BCUT2D eigenvalue weighted by Gasteiger charge is 2.66. The standard InChI is InChI=1S/C23H13Br2Cl3F2N2O2/c24-23(25)18(10-6-11(26)8-12(27)7-10)19(23)22(34)31-13-4-5-15(28)14(9-13)21(33)32-20-16(29)2-1-3-17(20)30/h1-9,18-19H,(H,31,34)(H,32,33)/t18-,19+/m0/s1. The highest BCUT2D eigenvalue weighted by molar-refractivity contribution is 9.25. The molecule has 2 N–H and O–H groups in total. The first kappa shape index (κ1) is 25.4. The van der Waals surface area contributed by atoms with Gasteiger partial charge in [-0.3, -0.25) is 9.59 Å². The molecule has 2 amide bonds. The van der Waals surface area contributed by atoms with E-state index >= 15 is 0 Å². The Labute approximate surface area is 225 Å². The number of amides is 2. The normalized spacial score (nSPS) is 18.3. The fraction of sp³-hybridized carbons (Fsp3) is 0.130. The zero-order valence-electron chi connectivity index (χ0n) is 16.8. The van der Waals surface area contributed by atoms with Crippen LogP contribution in [0.1, 0.15) is 21.8 Å². The van der Waals surface area contributed by atoms with E-state index in [2.05, 4.69) is 42.5 Å². The van der Waals surface area contributed by atoms with Gasteiger partial charge in [-0.2, -0.15) is 0 Å². The van der Waals surface area contributed by atoms with Crippen molar-refractivity contribution in [3.05, 3.63) is 92.4 Å². The van der Waals surface area contributed by atoms with E-state index in [0.717, 1.165) is 17.7 Å². The van der Waals surface area contributed by atoms with Crippen LogP contribution < -0.4 is 10.6 Å². The van der Waals surface area contributed by atoms with Gasteiger partial charge in [-0.25, -0.2) is 8.78 Å². The van der Waals surface area contributed by atoms with Crippen molar-refractivity contribution in [1.82, 2.24) is 0 Å². The van der Waals surface area contributed by atoms with E-state index in [0.29, 0.717) is 10.0 Å².